The number of ether oxygens (including phenoxy) is 2. The van der Waals surface area contributed by atoms with E-state index < -0.39 is 49.2 Å². The maximum atomic E-state index is 13.5. The second-order valence-electron chi connectivity index (χ2n) is 3.97. The summed E-state index contributed by atoms with van der Waals surface area (Å²) in [6.07, 6.45) is -0.537. The lowest BCUT2D eigenvalue weighted by Gasteiger charge is -2.25. The third kappa shape index (κ3) is 2.75. The third-order valence-electron chi connectivity index (χ3n) is 2.50. The SMILES string of the molecule is NS(=O)(=O)c1c(F)c(F)cc(C(=O)OC2COC2)c1Cl. The van der Waals surface area contributed by atoms with Gasteiger partial charge in [0.1, 0.15) is 11.0 Å². The fraction of sp³-hybridized carbons (Fsp3) is 0.300. The van der Waals surface area contributed by atoms with Crippen LogP contribution < -0.4 is 5.14 Å². The number of hydrogen-bond acceptors (Lipinski definition) is 5. The number of halogens is 3. The van der Waals surface area contributed by atoms with Crippen LogP contribution in [0.5, 0.6) is 0 Å². The second-order valence-corrected chi connectivity index (χ2v) is 5.85. The van der Waals surface area contributed by atoms with Crippen molar-refractivity contribution in [2.75, 3.05) is 13.2 Å². The Kier molecular flexibility index (Phi) is 3.96. The molecule has 0 radical (unpaired) electrons. The van der Waals surface area contributed by atoms with Gasteiger partial charge in [0, 0.05) is 0 Å². The Labute approximate surface area is 117 Å². The average Bonchev–Trinajstić information content (AvgIpc) is 2.26. The number of primary sulfonamides is 1. The van der Waals surface area contributed by atoms with Crippen molar-refractivity contribution in [3.8, 4) is 0 Å². The Morgan fingerprint density at radius 3 is 2.50 bits per heavy atom. The van der Waals surface area contributed by atoms with Gasteiger partial charge in [-0.05, 0) is 6.07 Å². The summed E-state index contributed by atoms with van der Waals surface area (Å²) >= 11 is 5.61. The molecule has 110 valence electrons. The maximum Gasteiger partial charge on any atom is 0.340 e. The number of esters is 1. The molecular formula is C10H8ClF2NO5S. The van der Waals surface area contributed by atoms with E-state index in [2.05, 4.69) is 0 Å². The molecule has 0 amide bonds. The van der Waals surface area contributed by atoms with Crippen LogP contribution in [0, 0.1) is 11.6 Å². The van der Waals surface area contributed by atoms with E-state index in [9.17, 15) is 22.0 Å². The fourth-order valence-electron chi connectivity index (χ4n) is 1.48. The van der Waals surface area contributed by atoms with Gasteiger partial charge < -0.3 is 9.47 Å². The normalized spacial score (nSPS) is 15.8. The van der Waals surface area contributed by atoms with E-state index in [0.717, 1.165) is 0 Å². The monoisotopic (exact) mass is 327 g/mol. The van der Waals surface area contributed by atoms with E-state index in [0.29, 0.717) is 6.07 Å². The first-order valence-corrected chi connectivity index (χ1v) is 7.13. The lowest BCUT2D eigenvalue weighted by atomic mass is 10.2. The molecule has 1 heterocycles. The van der Waals surface area contributed by atoms with Gasteiger partial charge in [-0.15, -0.1) is 0 Å². The van der Waals surface area contributed by atoms with Gasteiger partial charge in [-0.3, -0.25) is 0 Å². The Bertz CT molecular complexity index is 675. The lowest BCUT2D eigenvalue weighted by molar-refractivity contribution is -0.103. The predicted octanol–water partition coefficient (Wildman–Crippen LogP) is 0.821. The minimum Gasteiger partial charge on any atom is -0.454 e. The van der Waals surface area contributed by atoms with Gasteiger partial charge in [0.2, 0.25) is 10.0 Å². The van der Waals surface area contributed by atoms with Crippen LogP contribution in [0.25, 0.3) is 0 Å². The molecule has 2 rings (SSSR count). The van der Waals surface area contributed by atoms with Crippen LogP contribution >= 0.6 is 11.6 Å². The molecule has 0 aliphatic carbocycles. The molecule has 0 spiro atoms. The smallest absolute Gasteiger partial charge is 0.340 e. The molecule has 6 nitrogen and oxygen atoms in total. The van der Waals surface area contributed by atoms with Gasteiger partial charge in [0.05, 0.1) is 23.8 Å². The van der Waals surface area contributed by atoms with Gasteiger partial charge >= 0.3 is 5.97 Å². The Morgan fingerprint density at radius 1 is 1.45 bits per heavy atom. The first-order valence-electron chi connectivity index (χ1n) is 5.21. The molecule has 0 unspecified atom stereocenters. The quantitative estimate of drug-likeness (QED) is 0.655. The van der Waals surface area contributed by atoms with Gasteiger partial charge in [0.15, 0.2) is 11.6 Å². The van der Waals surface area contributed by atoms with E-state index in [-0.39, 0.29) is 13.2 Å². The number of rotatable bonds is 3. The van der Waals surface area contributed by atoms with Crippen molar-refractivity contribution < 1.29 is 31.5 Å². The molecule has 2 N–H and O–H groups in total. The van der Waals surface area contributed by atoms with Crippen molar-refractivity contribution in [2.24, 2.45) is 5.14 Å². The molecule has 1 aromatic carbocycles. The summed E-state index contributed by atoms with van der Waals surface area (Å²) in [5, 5.41) is 3.92. The zero-order valence-corrected chi connectivity index (χ0v) is 11.3. The minimum atomic E-state index is -4.64. The van der Waals surface area contributed by atoms with Crippen LogP contribution in [0.2, 0.25) is 5.02 Å². The Balaban J connectivity index is 2.48. The fourth-order valence-corrected chi connectivity index (χ4v) is 2.72. The number of nitrogens with two attached hydrogens (primary N) is 1. The molecule has 10 heteroatoms. The largest absolute Gasteiger partial charge is 0.454 e. The molecule has 1 fully saturated rings. The highest BCUT2D eigenvalue weighted by Gasteiger charge is 2.30. The summed E-state index contributed by atoms with van der Waals surface area (Å²) in [7, 11) is -4.64. The number of hydrogen-bond donors (Lipinski definition) is 1. The molecule has 1 aliphatic heterocycles. The molecule has 1 aromatic rings. The average molecular weight is 328 g/mol. The van der Waals surface area contributed by atoms with Crippen LogP contribution in [0.1, 0.15) is 10.4 Å². The van der Waals surface area contributed by atoms with Crippen LogP contribution in [0.3, 0.4) is 0 Å². The summed E-state index contributed by atoms with van der Waals surface area (Å²) < 4.78 is 58.8. The van der Waals surface area contributed by atoms with Gasteiger partial charge in [-0.2, -0.15) is 0 Å². The highest BCUT2D eigenvalue weighted by Crippen LogP contribution is 2.30. The standard InChI is InChI=1S/C10H8ClF2NO5S/c11-7-5(10(15)19-4-2-18-3-4)1-6(12)8(13)9(7)20(14,16)17/h1,4H,2-3H2,(H2,14,16,17). The summed E-state index contributed by atoms with van der Waals surface area (Å²) in [6.45, 7) is 0.324. The number of carbonyl (C=O) groups is 1. The molecule has 0 bridgehead atoms. The van der Waals surface area contributed by atoms with Crippen molar-refractivity contribution in [3.05, 3.63) is 28.3 Å². The second kappa shape index (κ2) is 5.24. The van der Waals surface area contributed by atoms with Gasteiger partial charge in [0.25, 0.3) is 0 Å². The van der Waals surface area contributed by atoms with Crippen LogP contribution in [-0.2, 0) is 19.5 Å². The molecule has 1 aliphatic rings. The molecule has 0 atom stereocenters. The van der Waals surface area contributed by atoms with Gasteiger partial charge in [-0.1, -0.05) is 11.6 Å². The van der Waals surface area contributed by atoms with E-state index >= 15 is 0 Å². The van der Waals surface area contributed by atoms with E-state index in [1.807, 2.05) is 0 Å². The van der Waals surface area contributed by atoms with E-state index in [4.69, 9.17) is 26.2 Å². The van der Waals surface area contributed by atoms with E-state index in [1.54, 1.807) is 0 Å². The predicted molar refractivity (Wildman–Crippen MR) is 62.8 cm³/mol. The number of carbonyl (C=O) groups excluding carboxylic acids is 1. The zero-order chi connectivity index (χ0) is 15.1. The topological polar surface area (TPSA) is 95.7 Å². The third-order valence-corrected chi connectivity index (χ3v) is 3.96. The molecule has 1 saturated heterocycles. The Morgan fingerprint density at radius 2 is 2.05 bits per heavy atom. The van der Waals surface area contributed by atoms with Crippen molar-refractivity contribution in [3.63, 3.8) is 0 Å². The maximum absolute atomic E-state index is 13.5. The molecule has 20 heavy (non-hydrogen) atoms. The number of sulfonamides is 1. The van der Waals surface area contributed by atoms with Gasteiger partial charge in [-0.25, -0.2) is 27.1 Å². The Hall–Kier alpha value is -1.29. The number of benzene rings is 1. The van der Waals surface area contributed by atoms with Crippen LogP contribution in [-0.4, -0.2) is 33.7 Å². The summed E-state index contributed by atoms with van der Waals surface area (Å²) in [4.78, 5) is 10.4. The summed E-state index contributed by atoms with van der Waals surface area (Å²) in [6, 6.07) is 0.453. The lowest BCUT2D eigenvalue weighted by Crippen LogP contribution is -2.38. The first kappa shape index (κ1) is 15.1. The molecule has 0 saturated carbocycles. The molecular weight excluding hydrogens is 320 g/mol. The molecule has 0 aromatic heterocycles. The van der Waals surface area contributed by atoms with Crippen molar-refractivity contribution in [1.29, 1.82) is 0 Å². The summed E-state index contributed by atoms with van der Waals surface area (Å²) in [5.41, 5.74) is -0.624. The minimum absolute atomic E-state index is 0.162. The van der Waals surface area contributed by atoms with Crippen molar-refractivity contribution >= 4 is 27.6 Å². The van der Waals surface area contributed by atoms with Crippen LogP contribution in [0.15, 0.2) is 11.0 Å². The van der Waals surface area contributed by atoms with E-state index in [1.165, 1.54) is 0 Å². The highest BCUT2D eigenvalue weighted by atomic mass is 35.5. The summed E-state index contributed by atoms with van der Waals surface area (Å²) in [5.74, 6) is -4.41. The highest BCUT2D eigenvalue weighted by molar-refractivity contribution is 7.89. The van der Waals surface area contributed by atoms with Crippen LogP contribution in [0.4, 0.5) is 8.78 Å². The van der Waals surface area contributed by atoms with Crippen molar-refractivity contribution in [2.45, 2.75) is 11.0 Å². The first-order chi connectivity index (χ1) is 9.21. The zero-order valence-electron chi connectivity index (χ0n) is 9.73. The van der Waals surface area contributed by atoms with Crippen molar-refractivity contribution in [1.82, 2.24) is 0 Å².